The highest BCUT2D eigenvalue weighted by molar-refractivity contribution is 5.91. The highest BCUT2D eigenvalue weighted by Gasteiger charge is 2.22. The molecule has 1 aliphatic rings. The van der Waals surface area contributed by atoms with Crippen molar-refractivity contribution in [3.8, 4) is 0 Å². The van der Waals surface area contributed by atoms with Crippen LogP contribution in [0.3, 0.4) is 0 Å². The van der Waals surface area contributed by atoms with E-state index in [0.29, 0.717) is 6.54 Å². The largest absolute Gasteiger partial charge is 0.440 e. The van der Waals surface area contributed by atoms with Crippen molar-refractivity contribution in [2.45, 2.75) is 45.4 Å². The van der Waals surface area contributed by atoms with Crippen LogP contribution in [0.1, 0.15) is 48.8 Å². The van der Waals surface area contributed by atoms with E-state index in [9.17, 15) is 4.79 Å². The molecule has 4 rings (SSSR count). The zero-order valence-corrected chi connectivity index (χ0v) is 16.3. The van der Waals surface area contributed by atoms with Crippen LogP contribution in [0.15, 0.2) is 53.0 Å². The van der Waals surface area contributed by atoms with Crippen molar-refractivity contribution < 1.29 is 9.21 Å². The molecule has 1 aliphatic carbocycles. The maximum Gasteiger partial charge on any atom is 0.217 e. The maximum atomic E-state index is 11.1. The molecule has 0 fully saturated rings. The standard InChI is InChI=1S/C24H26N2O2/c1-17(27)25-16-15-20-12-11-19-13-14-21-24(23(19)20)28-22(26-21)10-6-5-9-18-7-3-2-4-8-18/h2-4,7-8,13-15H,5-6,9-12,16H2,1H3,(H,25,27)/b20-15+. The van der Waals surface area contributed by atoms with Gasteiger partial charge in [-0.1, -0.05) is 42.5 Å². The molecule has 2 aromatic carbocycles. The second-order valence-corrected chi connectivity index (χ2v) is 7.41. The van der Waals surface area contributed by atoms with Gasteiger partial charge in [0, 0.05) is 25.5 Å². The number of benzene rings is 2. The fraction of sp³-hybridized carbons (Fsp3) is 0.333. The topological polar surface area (TPSA) is 55.1 Å². The van der Waals surface area contributed by atoms with Gasteiger partial charge in [0.15, 0.2) is 11.5 Å². The fourth-order valence-corrected chi connectivity index (χ4v) is 3.91. The third-order valence-corrected chi connectivity index (χ3v) is 5.32. The van der Waals surface area contributed by atoms with E-state index in [-0.39, 0.29) is 5.91 Å². The second kappa shape index (κ2) is 8.42. The molecule has 0 radical (unpaired) electrons. The predicted octanol–water partition coefficient (Wildman–Crippen LogP) is 4.86. The summed E-state index contributed by atoms with van der Waals surface area (Å²) in [7, 11) is 0. The number of amides is 1. The van der Waals surface area contributed by atoms with Gasteiger partial charge >= 0.3 is 0 Å². The first kappa shape index (κ1) is 18.5. The van der Waals surface area contributed by atoms with E-state index in [4.69, 9.17) is 9.40 Å². The molecule has 144 valence electrons. The first-order valence-corrected chi connectivity index (χ1v) is 10.1. The minimum Gasteiger partial charge on any atom is -0.440 e. The number of allylic oxidation sites excluding steroid dienone is 1. The number of rotatable bonds is 7. The van der Waals surface area contributed by atoms with Crippen LogP contribution in [-0.2, 0) is 24.1 Å². The van der Waals surface area contributed by atoms with Crippen molar-refractivity contribution in [2.24, 2.45) is 0 Å². The molecule has 1 N–H and O–H groups in total. The Hall–Kier alpha value is -2.88. The van der Waals surface area contributed by atoms with Gasteiger partial charge in [0.05, 0.1) is 0 Å². The van der Waals surface area contributed by atoms with Gasteiger partial charge in [-0.2, -0.15) is 0 Å². The van der Waals surface area contributed by atoms with Crippen LogP contribution in [0.2, 0.25) is 0 Å². The van der Waals surface area contributed by atoms with Gasteiger partial charge < -0.3 is 9.73 Å². The summed E-state index contributed by atoms with van der Waals surface area (Å²) < 4.78 is 6.18. The molecule has 4 nitrogen and oxygen atoms in total. The molecule has 0 unspecified atom stereocenters. The quantitative estimate of drug-likeness (QED) is 0.601. The Kier molecular flexibility index (Phi) is 5.56. The van der Waals surface area contributed by atoms with Gasteiger partial charge in [-0.25, -0.2) is 4.98 Å². The van der Waals surface area contributed by atoms with E-state index in [0.717, 1.165) is 55.5 Å². The number of oxazole rings is 1. The van der Waals surface area contributed by atoms with E-state index in [1.165, 1.54) is 22.3 Å². The predicted molar refractivity (Wildman–Crippen MR) is 112 cm³/mol. The molecule has 4 heteroatoms. The number of aromatic nitrogens is 1. The van der Waals surface area contributed by atoms with E-state index < -0.39 is 0 Å². The molecule has 0 bridgehead atoms. The molecule has 3 aromatic rings. The molecule has 1 amide bonds. The number of hydrogen-bond acceptors (Lipinski definition) is 3. The van der Waals surface area contributed by atoms with Crippen LogP contribution in [0, 0.1) is 0 Å². The maximum absolute atomic E-state index is 11.1. The van der Waals surface area contributed by atoms with Crippen LogP contribution in [0.25, 0.3) is 16.7 Å². The van der Waals surface area contributed by atoms with Gasteiger partial charge in [-0.05, 0) is 54.9 Å². The summed E-state index contributed by atoms with van der Waals surface area (Å²) in [5.41, 5.74) is 6.97. The molecular weight excluding hydrogens is 348 g/mol. The number of fused-ring (bicyclic) bond motifs is 3. The van der Waals surface area contributed by atoms with Gasteiger partial charge in [0.25, 0.3) is 0 Å². The molecule has 28 heavy (non-hydrogen) atoms. The van der Waals surface area contributed by atoms with Crippen LogP contribution in [0.5, 0.6) is 0 Å². The molecular formula is C24H26N2O2. The first-order chi connectivity index (χ1) is 13.7. The van der Waals surface area contributed by atoms with Crippen molar-refractivity contribution in [1.29, 1.82) is 0 Å². The SMILES string of the molecule is CC(=O)NC/C=C1\CCc2ccc3nc(CCCCc4ccccc4)oc3c21. The highest BCUT2D eigenvalue weighted by Crippen LogP contribution is 2.38. The average molecular weight is 374 g/mol. The molecule has 0 spiro atoms. The normalized spacial score (nSPS) is 14.5. The lowest BCUT2D eigenvalue weighted by Crippen LogP contribution is -2.19. The van der Waals surface area contributed by atoms with E-state index in [1.54, 1.807) is 6.92 Å². The fourth-order valence-electron chi connectivity index (χ4n) is 3.91. The number of hydrogen-bond donors (Lipinski definition) is 1. The van der Waals surface area contributed by atoms with Crippen LogP contribution >= 0.6 is 0 Å². The number of carbonyl (C=O) groups is 1. The molecule has 0 aliphatic heterocycles. The Morgan fingerprint density at radius 1 is 1.11 bits per heavy atom. The summed E-state index contributed by atoms with van der Waals surface area (Å²) >= 11 is 0. The van der Waals surface area contributed by atoms with Crippen molar-refractivity contribution in [3.63, 3.8) is 0 Å². The van der Waals surface area contributed by atoms with Gasteiger partial charge in [-0.3, -0.25) is 4.79 Å². The Morgan fingerprint density at radius 2 is 1.93 bits per heavy atom. The average Bonchev–Trinajstić information content (AvgIpc) is 3.29. The van der Waals surface area contributed by atoms with Crippen molar-refractivity contribution in [1.82, 2.24) is 10.3 Å². The molecule has 1 heterocycles. The highest BCUT2D eigenvalue weighted by atomic mass is 16.3. The van der Waals surface area contributed by atoms with Crippen molar-refractivity contribution in [2.75, 3.05) is 6.54 Å². The summed E-state index contributed by atoms with van der Waals surface area (Å²) in [6.07, 6.45) is 8.26. The van der Waals surface area contributed by atoms with Crippen molar-refractivity contribution in [3.05, 3.63) is 71.1 Å². The van der Waals surface area contributed by atoms with Gasteiger partial charge in [0.1, 0.15) is 5.52 Å². The Morgan fingerprint density at radius 3 is 2.75 bits per heavy atom. The summed E-state index contributed by atoms with van der Waals surface area (Å²) in [5.74, 6) is 0.815. The summed E-state index contributed by atoms with van der Waals surface area (Å²) in [6, 6.07) is 14.8. The van der Waals surface area contributed by atoms with Crippen molar-refractivity contribution >= 4 is 22.6 Å². The lowest BCUT2D eigenvalue weighted by molar-refractivity contribution is -0.118. The Balaban J connectivity index is 1.45. The lowest BCUT2D eigenvalue weighted by Gasteiger charge is -2.03. The third kappa shape index (κ3) is 4.16. The zero-order valence-electron chi connectivity index (χ0n) is 16.3. The lowest BCUT2D eigenvalue weighted by atomic mass is 10.1. The summed E-state index contributed by atoms with van der Waals surface area (Å²) in [5, 5.41) is 2.84. The summed E-state index contributed by atoms with van der Waals surface area (Å²) in [6.45, 7) is 2.10. The number of carbonyl (C=O) groups excluding carboxylic acids is 1. The van der Waals surface area contributed by atoms with Crippen LogP contribution in [-0.4, -0.2) is 17.4 Å². The zero-order chi connectivity index (χ0) is 19.3. The Bertz CT molecular complexity index is 1000. The number of unbranched alkanes of at least 4 members (excludes halogenated alkanes) is 1. The van der Waals surface area contributed by atoms with Crippen LogP contribution < -0.4 is 5.32 Å². The monoisotopic (exact) mass is 374 g/mol. The van der Waals surface area contributed by atoms with E-state index in [1.807, 2.05) is 0 Å². The molecule has 0 saturated carbocycles. The van der Waals surface area contributed by atoms with E-state index in [2.05, 4.69) is 53.9 Å². The first-order valence-electron chi connectivity index (χ1n) is 10.1. The number of aryl methyl sites for hydroxylation is 3. The smallest absolute Gasteiger partial charge is 0.217 e. The van der Waals surface area contributed by atoms with Gasteiger partial charge in [0.2, 0.25) is 5.91 Å². The number of nitrogens with one attached hydrogen (secondary N) is 1. The number of nitrogens with zero attached hydrogens (tertiary/aromatic N) is 1. The van der Waals surface area contributed by atoms with E-state index >= 15 is 0 Å². The summed E-state index contributed by atoms with van der Waals surface area (Å²) in [4.78, 5) is 15.8. The second-order valence-electron chi connectivity index (χ2n) is 7.41. The minimum absolute atomic E-state index is 0.00858. The third-order valence-electron chi connectivity index (χ3n) is 5.32. The van der Waals surface area contributed by atoms with Crippen LogP contribution in [0.4, 0.5) is 0 Å². The Labute approximate surface area is 165 Å². The molecule has 0 saturated heterocycles. The molecule has 0 atom stereocenters. The van der Waals surface area contributed by atoms with Gasteiger partial charge in [-0.15, -0.1) is 0 Å². The molecule has 1 aromatic heterocycles. The minimum atomic E-state index is -0.00858.